The Kier molecular flexibility index (Phi) is 6.25. The second kappa shape index (κ2) is 8.18. The van der Waals surface area contributed by atoms with E-state index in [1.807, 2.05) is 18.2 Å². The molecule has 2 amide bonds. The molecule has 0 saturated heterocycles. The lowest BCUT2D eigenvalue weighted by Crippen LogP contribution is -2.46. The lowest BCUT2D eigenvalue weighted by atomic mass is 9.94. The van der Waals surface area contributed by atoms with Gasteiger partial charge >= 0.3 is 0 Å². The number of hydrogen-bond acceptors (Lipinski definition) is 2. The van der Waals surface area contributed by atoms with Crippen molar-refractivity contribution in [2.45, 2.75) is 51.6 Å². The molecule has 0 radical (unpaired) electrons. The van der Waals surface area contributed by atoms with E-state index in [1.54, 1.807) is 11.0 Å². The first-order chi connectivity index (χ1) is 10.6. The fourth-order valence-electron chi connectivity index (χ4n) is 2.94. The van der Waals surface area contributed by atoms with Gasteiger partial charge in [-0.25, -0.2) is 0 Å². The van der Waals surface area contributed by atoms with Gasteiger partial charge in [-0.3, -0.25) is 9.59 Å². The van der Waals surface area contributed by atoms with Crippen molar-refractivity contribution in [3.8, 4) is 0 Å². The zero-order chi connectivity index (χ0) is 15.9. The van der Waals surface area contributed by atoms with Crippen molar-refractivity contribution in [1.29, 1.82) is 0 Å². The summed E-state index contributed by atoms with van der Waals surface area (Å²) < 4.78 is 0. The van der Waals surface area contributed by atoms with E-state index in [-0.39, 0.29) is 24.4 Å². The van der Waals surface area contributed by atoms with Gasteiger partial charge in [0.25, 0.3) is 0 Å². The molecule has 2 rings (SSSR count). The highest BCUT2D eigenvalue weighted by Crippen LogP contribution is 2.22. The highest BCUT2D eigenvalue weighted by molar-refractivity contribution is 6.31. The molecule has 0 heterocycles. The van der Waals surface area contributed by atoms with Crippen molar-refractivity contribution in [3.05, 3.63) is 34.9 Å². The summed E-state index contributed by atoms with van der Waals surface area (Å²) in [6.45, 7) is 2.05. The minimum absolute atomic E-state index is 0.0280. The van der Waals surface area contributed by atoms with E-state index < -0.39 is 0 Å². The lowest BCUT2D eigenvalue weighted by Gasteiger charge is -2.33. The lowest BCUT2D eigenvalue weighted by molar-refractivity contribution is -0.137. The van der Waals surface area contributed by atoms with E-state index in [2.05, 4.69) is 5.32 Å². The third-order valence-corrected chi connectivity index (χ3v) is 4.54. The summed E-state index contributed by atoms with van der Waals surface area (Å²) in [6.07, 6.45) is 5.49. The maximum absolute atomic E-state index is 12.1. The molecule has 0 aliphatic heterocycles. The number of rotatable bonds is 5. The molecule has 1 fully saturated rings. The molecule has 4 nitrogen and oxygen atoms in total. The second-order valence-electron chi connectivity index (χ2n) is 5.81. The van der Waals surface area contributed by atoms with Crippen LogP contribution in [0.1, 0.15) is 44.6 Å². The summed E-state index contributed by atoms with van der Waals surface area (Å²) in [7, 11) is 0. The van der Waals surface area contributed by atoms with Crippen LogP contribution in [0.2, 0.25) is 5.02 Å². The van der Waals surface area contributed by atoms with Gasteiger partial charge in [-0.2, -0.15) is 0 Å². The fourth-order valence-corrected chi connectivity index (χ4v) is 3.14. The summed E-state index contributed by atoms with van der Waals surface area (Å²) >= 11 is 6.07. The maximum Gasteiger partial charge on any atom is 0.239 e. The summed E-state index contributed by atoms with van der Waals surface area (Å²) in [5, 5.41) is 3.48. The average molecular weight is 323 g/mol. The third kappa shape index (κ3) is 4.73. The Morgan fingerprint density at radius 2 is 1.91 bits per heavy atom. The Hall–Kier alpha value is -1.55. The predicted octanol–water partition coefficient (Wildman–Crippen LogP) is 3.14. The Morgan fingerprint density at radius 1 is 1.23 bits per heavy atom. The summed E-state index contributed by atoms with van der Waals surface area (Å²) in [5.74, 6) is -0.166. The van der Waals surface area contributed by atoms with Crippen molar-refractivity contribution in [3.63, 3.8) is 0 Å². The van der Waals surface area contributed by atoms with E-state index in [9.17, 15) is 9.59 Å². The molecule has 0 aromatic heterocycles. The Morgan fingerprint density at radius 3 is 2.55 bits per heavy atom. The van der Waals surface area contributed by atoms with Crippen molar-refractivity contribution < 1.29 is 9.59 Å². The summed E-state index contributed by atoms with van der Waals surface area (Å²) in [5.41, 5.74) is 0.879. The molecule has 1 aromatic rings. The van der Waals surface area contributed by atoms with Crippen LogP contribution in [0.3, 0.4) is 0 Å². The van der Waals surface area contributed by atoms with Crippen LogP contribution < -0.4 is 5.32 Å². The van der Waals surface area contributed by atoms with Crippen LogP contribution in [0.5, 0.6) is 0 Å². The molecule has 120 valence electrons. The van der Waals surface area contributed by atoms with E-state index in [0.717, 1.165) is 31.2 Å². The number of nitrogens with zero attached hydrogens (tertiary/aromatic N) is 1. The molecular formula is C17H23ClN2O2. The smallest absolute Gasteiger partial charge is 0.239 e. The van der Waals surface area contributed by atoms with Gasteiger partial charge in [0.1, 0.15) is 0 Å². The predicted molar refractivity (Wildman–Crippen MR) is 87.6 cm³/mol. The van der Waals surface area contributed by atoms with Gasteiger partial charge in [0.05, 0.1) is 6.54 Å². The van der Waals surface area contributed by atoms with Crippen LogP contribution in [0.15, 0.2) is 24.3 Å². The zero-order valence-corrected chi connectivity index (χ0v) is 13.7. The first-order valence-electron chi connectivity index (χ1n) is 7.85. The maximum atomic E-state index is 12.1. The summed E-state index contributed by atoms with van der Waals surface area (Å²) in [4.78, 5) is 25.7. The first-order valence-corrected chi connectivity index (χ1v) is 8.23. The molecular weight excluding hydrogens is 300 g/mol. The van der Waals surface area contributed by atoms with Crippen molar-refractivity contribution in [2.24, 2.45) is 0 Å². The number of halogens is 1. The van der Waals surface area contributed by atoms with Gasteiger partial charge in [0.2, 0.25) is 11.8 Å². The van der Waals surface area contributed by atoms with Crippen molar-refractivity contribution in [1.82, 2.24) is 10.2 Å². The quantitative estimate of drug-likeness (QED) is 0.905. The number of benzene rings is 1. The van der Waals surface area contributed by atoms with Crippen molar-refractivity contribution >= 4 is 23.4 Å². The normalized spacial score (nSPS) is 15.4. The molecule has 22 heavy (non-hydrogen) atoms. The number of hydrogen-bond donors (Lipinski definition) is 1. The Balaban J connectivity index is 1.88. The highest BCUT2D eigenvalue weighted by atomic mass is 35.5. The van der Waals surface area contributed by atoms with Crippen LogP contribution in [-0.2, 0) is 16.1 Å². The standard InChI is InChI=1S/C17H23ClN2O2/c1-13(21)20(15-8-3-2-4-9-15)12-17(22)19-11-14-7-5-6-10-16(14)18/h5-7,10,15H,2-4,8-9,11-12H2,1H3,(H,19,22). The van der Waals surface area contributed by atoms with Crippen LogP contribution in [-0.4, -0.2) is 29.3 Å². The van der Waals surface area contributed by atoms with Gasteiger partial charge in [-0.1, -0.05) is 49.1 Å². The zero-order valence-electron chi connectivity index (χ0n) is 13.0. The molecule has 1 aliphatic rings. The van der Waals surface area contributed by atoms with E-state index >= 15 is 0 Å². The van der Waals surface area contributed by atoms with Gasteiger partial charge < -0.3 is 10.2 Å². The van der Waals surface area contributed by atoms with E-state index in [0.29, 0.717) is 11.6 Å². The van der Waals surface area contributed by atoms with E-state index in [1.165, 1.54) is 13.3 Å². The summed E-state index contributed by atoms with van der Waals surface area (Å²) in [6, 6.07) is 7.63. The molecule has 0 unspecified atom stereocenters. The number of carbonyl (C=O) groups is 2. The molecule has 0 spiro atoms. The van der Waals surface area contributed by atoms with Crippen LogP contribution >= 0.6 is 11.6 Å². The van der Waals surface area contributed by atoms with Crippen LogP contribution in [0.4, 0.5) is 0 Å². The van der Waals surface area contributed by atoms with Crippen LogP contribution in [0, 0.1) is 0 Å². The minimum atomic E-state index is -0.138. The fraction of sp³-hybridized carbons (Fsp3) is 0.529. The Bertz CT molecular complexity index is 527. The van der Waals surface area contributed by atoms with Crippen molar-refractivity contribution in [2.75, 3.05) is 6.54 Å². The first kappa shape index (κ1) is 16.8. The Labute approximate surface area is 136 Å². The molecule has 1 aromatic carbocycles. The van der Waals surface area contributed by atoms with Gasteiger partial charge in [0.15, 0.2) is 0 Å². The molecule has 1 N–H and O–H groups in total. The van der Waals surface area contributed by atoms with Gasteiger partial charge in [-0.15, -0.1) is 0 Å². The molecule has 5 heteroatoms. The second-order valence-corrected chi connectivity index (χ2v) is 6.21. The van der Waals surface area contributed by atoms with Gasteiger partial charge in [-0.05, 0) is 24.5 Å². The number of amides is 2. The third-order valence-electron chi connectivity index (χ3n) is 4.17. The minimum Gasteiger partial charge on any atom is -0.350 e. The SMILES string of the molecule is CC(=O)N(CC(=O)NCc1ccccc1Cl)C1CCCCC1. The molecule has 0 atom stereocenters. The topological polar surface area (TPSA) is 49.4 Å². The van der Waals surface area contributed by atoms with Gasteiger partial charge in [0, 0.05) is 24.5 Å². The molecule has 1 saturated carbocycles. The van der Waals surface area contributed by atoms with E-state index in [4.69, 9.17) is 11.6 Å². The largest absolute Gasteiger partial charge is 0.350 e. The van der Waals surface area contributed by atoms with Crippen LogP contribution in [0.25, 0.3) is 0 Å². The average Bonchev–Trinajstić information content (AvgIpc) is 2.52. The highest BCUT2D eigenvalue weighted by Gasteiger charge is 2.24. The monoisotopic (exact) mass is 322 g/mol. The number of nitrogens with one attached hydrogen (secondary N) is 1. The molecule has 1 aliphatic carbocycles. The molecule has 0 bridgehead atoms. The number of carbonyl (C=O) groups excluding carboxylic acids is 2.